The largest absolute Gasteiger partial charge is 0.493 e. The van der Waals surface area contributed by atoms with E-state index in [0.717, 1.165) is 22.3 Å². The molecule has 0 amide bonds. The Kier molecular flexibility index (Phi) is 9.13. The van der Waals surface area contributed by atoms with Crippen LogP contribution in [-0.4, -0.2) is 58.8 Å². The number of aliphatic hydroxyl groups is 2. The summed E-state index contributed by atoms with van der Waals surface area (Å²) in [5.41, 5.74) is 1.27. The van der Waals surface area contributed by atoms with Crippen molar-refractivity contribution in [2.24, 2.45) is 11.8 Å². The van der Waals surface area contributed by atoms with E-state index in [1.807, 2.05) is 55.5 Å². The number of aliphatic carboxylic acids is 1. The first-order valence-corrected chi connectivity index (χ1v) is 15.1. The van der Waals surface area contributed by atoms with Crippen LogP contribution in [0.3, 0.4) is 0 Å². The molecule has 2 aliphatic carbocycles. The lowest BCUT2D eigenvalue weighted by molar-refractivity contribution is -0.150. The van der Waals surface area contributed by atoms with E-state index in [-0.39, 0.29) is 17.9 Å². The van der Waals surface area contributed by atoms with Gasteiger partial charge in [-0.2, -0.15) is 0 Å². The summed E-state index contributed by atoms with van der Waals surface area (Å²) in [7, 11) is 3.18. The Labute approximate surface area is 257 Å². The van der Waals surface area contributed by atoms with Crippen LogP contribution in [0.5, 0.6) is 11.5 Å². The molecular weight excluding hydrogens is 560 g/mol. The zero-order chi connectivity index (χ0) is 31.5. The molecule has 0 radical (unpaired) electrons. The van der Waals surface area contributed by atoms with Crippen LogP contribution in [0, 0.1) is 11.8 Å². The molecule has 4 atom stereocenters. The molecule has 3 aromatic carbocycles. The molecule has 0 aliphatic heterocycles. The standard InChI is InChI=1S/C36H40O8/c1-4-35(41,29-18-26-20-30(42-2)31(43-3)21-27(26)19-29)16-15-28-13-14-32(37)36(28,22-33(38)39)44-34(40)25-12-8-11-24(17-25)23-9-6-5-7-10-23/h5-12,15-17,20-21,28-29,32,37,41H,4,13-14,18-19,22H2,1-3H3,(H,38,39). The molecule has 2 aliphatic rings. The summed E-state index contributed by atoms with van der Waals surface area (Å²) < 4.78 is 16.9. The van der Waals surface area contributed by atoms with E-state index in [1.54, 1.807) is 44.6 Å². The van der Waals surface area contributed by atoms with Gasteiger partial charge >= 0.3 is 11.9 Å². The van der Waals surface area contributed by atoms with Crippen LogP contribution in [0.25, 0.3) is 11.1 Å². The molecule has 5 rings (SSSR count). The van der Waals surface area contributed by atoms with Gasteiger partial charge in [0, 0.05) is 5.92 Å². The van der Waals surface area contributed by atoms with E-state index in [9.17, 15) is 24.9 Å². The third kappa shape index (κ3) is 6.10. The number of fused-ring (bicyclic) bond motifs is 1. The third-order valence-electron chi connectivity index (χ3n) is 9.39. The first-order chi connectivity index (χ1) is 21.1. The number of hydrogen-bond donors (Lipinski definition) is 3. The molecule has 0 aromatic heterocycles. The van der Waals surface area contributed by atoms with Gasteiger partial charge in [0.1, 0.15) is 0 Å². The lowest BCUT2D eigenvalue weighted by Crippen LogP contribution is -2.49. The number of esters is 1. The van der Waals surface area contributed by atoms with Gasteiger partial charge in [-0.25, -0.2) is 4.79 Å². The van der Waals surface area contributed by atoms with E-state index >= 15 is 0 Å². The molecule has 44 heavy (non-hydrogen) atoms. The molecule has 3 N–H and O–H groups in total. The minimum absolute atomic E-state index is 0.140. The fourth-order valence-corrected chi connectivity index (χ4v) is 6.81. The van der Waals surface area contributed by atoms with E-state index in [2.05, 4.69) is 0 Å². The van der Waals surface area contributed by atoms with Gasteiger partial charge in [0.05, 0.1) is 37.9 Å². The van der Waals surface area contributed by atoms with Gasteiger partial charge in [0.15, 0.2) is 17.1 Å². The van der Waals surface area contributed by atoms with Crippen LogP contribution in [0.15, 0.2) is 78.9 Å². The average Bonchev–Trinajstić information content (AvgIpc) is 3.59. The number of benzene rings is 3. The van der Waals surface area contributed by atoms with Gasteiger partial charge in [-0.3, -0.25) is 4.79 Å². The molecule has 232 valence electrons. The average molecular weight is 601 g/mol. The zero-order valence-corrected chi connectivity index (χ0v) is 25.4. The number of aliphatic hydroxyl groups excluding tert-OH is 1. The SMILES string of the molecule is CCC(O)(C=CC1CCC(O)C1(CC(=O)O)OC(=O)c1cccc(-c2ccccc2)c1)C1Cc2cc(OC)c(OC)cc2C1. The van der Waals surface area contributed by atoms with Crippen molar-refractivity contribution in [2.45, 2.75) is 62.8 Å². The molecule has 1 fully saturated rings. The van der Waals surface area contributed by atoms with E-state index in [1.165, 1.54) is 0 Å². The maximum Gasteiger partial charge on any atom is 0.338 e. The molecule has 8 nitrogen and oxygen atoms in total. The van der Waals surface area contributed by atoms with Crippen molar-refractivity contribution in [3.63, 3.8) is 0 Å². The first-order valence-electron chi connectivity index (χ1n) is 15.1. The molecule has 3 aromatic rings. The number of carboxylic acid groups (broad SMARTS) is 1. The molecular formula is C36H40O8. The number of ether oxygens (including phenoxy) is 3. The summed E-state index contributed by atoms with van der Waals surface area (Å²) in [6.45, 7) is 1.90. The lowest BCUT2D eigenvalue weighted by atomic mass is 9.79. The Morgan fingerprint density at radius 3 is 2.16 bits per heavy atom. The van der Waals surface area contributed by atoms with Gasteiger partial charge in [-0.1, -0.05) is 61.5 Å². The van der Waals surface area contributed by atoms with Crippen LogP contribution < -0.4 is 9.47 Å². The smallest absolute Gasteiger partial charge is 0.338 e. The minimum atomic E-state index is -1.68. The van der Waals surface area contributed by atoms with Crippen molar-refractivity contribution < 1.29 is 39.1 Å². The molecule has 8 heteroatoms. The van der Waals surface area contributed by atoms with Gasteiger partial charge in [0.25, 0.3) is 0 Å². The Morgan fingerprint density at radius 1 is 0.932 bits per heavy atom. The normalized spacial score (nSPS) is 22.8. The topological polar surface area (TPSA) is 123 Å². The number of hydrogen-bond acceptors (Lipinski definition) is 7. The fourth-order valence-electron chi connectivity index (χ4n) is 6.81. The van der Waals surface area contributed by atoms with Crippen LogP contribution in [-0.2, 0) is 22.4 Å². The number of methoxy groups -OCH3 is 2. The van der Waals surface area contributed by atoms with Crippen LogP contribution in [0.1, 0.15) is 54.1 Å². The summed E-state index contributed by atoms with van der Waals surface area (Å²) in [4.78, 5) is 25.6. The summed E-state index contributed by atoms with van der Waals surface area (Å²) in [6.07, 6.45) is 4.08. The van der Waals surface area contributed by atoms with Gasteiger partial charge in [0.2, 0.25) is 0 Å². The maximum atomic E-state index is 13.5. The predicted octanol–water partition coefficient (Wildman–Crippen LogP) is 5.62. The molecule has 1 saturated carbocycles. The summed E-state index contributed by atoms with van der Waals surface area (Å²) >= 11 is 0. The van der Waals surface area contributed by atoms with Crippen LogP contribution >= 0.6 is 0 Å². The highest BCUT2D eigenvalue weighted by molar-refractivity contribution is 5.91. The van der Waals surface area contributed by atoms with Crippen molar-refractivity contribution in [1.82, 2.24) is 0 Å². The summed E-state index contributed by atoms with van der Waals surface area (Å²) in [5.74, 6) is -1.37. The van der Waals surface area contributed by atoms with Gasteiger partial charge in [-0.05, 0) is 84.5 Å². The van der Waals surface area contributed by atoms with E-state index in [4.69, 9.17) is 14.2 Å². The molecule has 0 heterocycles. The maximum absolute atomic E-state index is 13.5. The Morgan fingerprint density at radius 2 is 1.57 bits per heavy atom. The molecule has 0 spiro atoms. The fraction of sp³-hybridized carbons (Fsp3) is 0.389. The molecule has 4 unspecified atom stereocenters. The Bertz CT molecular complexity index is 1500. The minimum Gasteiger partial charge on any atom is -0.493 e. The number of carbonyl (C=O) groups is 2. The van der Waals surface area contributed by atoms with Crippen molar-refractivity contribution in [3.05, 3.63) is 95.6 Å². The molecule has 0 bridgehead atoms. The first kappa shape index (κ1) is 31.3. The third-order valence-corrected chi connectivity index (χ3v) is 9.39. The van der Waals surface area contributed by atoms with Crippen molar-refractivity contribution >= 4 is 11.9 Å². The second-order valence-corrected chi connectivity index (χ2v) is 11.8. The second kappa shape index (κ2) is 12.8. The van der Waals surface area contributed by atoms with Crippen molar-refractivity contribution in [1.29, 1.82) is 0 Å². The highest BCUT2D eigenvalue weighted by Crippen LogP contribution is 2.45. The summed E-state index contributed by atoms with van der Waals surface area (Å²) in [5, 5.41) is 32.9. The second-order valence-electron chi connectivity index (χ2n) is 11.8. The number of rotatable bonds is 11. The quantitative estimate of drug-likeness (QED) is 0.191. The van der Waals surface area contributed by atoms with Gasteiger partial charge < -0.3 is 29.5 Å². The van der Waals surface area contributed by atoms with Crippen LogP contribution in [0.2, 0.25) is 0 Å². The van der Waals surface area contributed by atoms with Crippen LogP contribution in [0.4, 0.5) is 0 Å². The van der Waals surface area contributed by atoms with E-state index < -0.39 is 41.6 Å². The Balaban J connectivity index is 1.41. The zero-order valence-electron chi connectivity index (χ0n) is 25.4. The highest BCUT2D eigenvalue weighted by Gasteiger charge is 2.54. The van der Waals surface area contributed by atoms with Gasteiger partial charge in [-0.15, -0.1) is 0 Å². The lowest BCUT2D eigenvalue weighted by Gasteiger charge is -2.36. The predicted molar refractivity (Wildman–Crippen MR) is 166 cm³/mol. The summed E-state index contributed by atoms with van der Waals surface area (Å²) in [6, 6.07) is 20.4. The van der Waals surface area contributed by atoms with Crippen molar-refractivity contribution in [2.75, 3.05) is 14.2 Å². The Hall–Kier alpha value is -4.14. The van der Waals surface area contributed by atoms with E-state index in [0.29, 0.717) is 37.2 Å². The number of carboxylic acids is 1. The molecule has 0 saturated heterocycles. The highest BCUT2D eigenvalue weighted by atomic mass is 16.6. The van der Waals surface area contributed by atoms with Crippen molar-refractivity contribution in [3.8, 4) is 22.6 Å². The monoisotopic (exact) mass is 600 g/mol. The number of carbonyl (C=O) groups excluding carboxylic acids is 1.